The van der Waals surface area contributed by atoms with Gasteiger partial charge >= 0.3 is 0 Å². The number of nitrogens with zero attached hydrogens (tertiary/aromatic N) is 1. The number of nitrogen functional groups attached to an aromatic ring is 1. The van der Waals surface area contributed by atoms with E-state index in [0.717, 1.165) is 17.2 Å². The van der Waals surface area contributed by atoms with E-state index >= 15 is 0 Å². The van der Waals surface area contributed by atoms with Gasteiger partial charge in [0.15, 0.2) is 0 Å². The van der Waals surface area contributed by atoms with E-state index in [4.69, 9.17) is 5.73 Å². The fourth-order valence-electron chi connectivity index (χ4n) is 2.57. The van der Waals surface area contributed by atoms with Gasteiger partial charge < -0.3 is 5.73 Å². The normalized spacial score (nSPS) is 14.3. The Labute approximate surface area is 110 Å². The molecule has 1 aliphatic rings. The second kappa shape index (κ2) is 4.09. The van der Waals surface area contributed by atoms with Crippen molar-refractivity contribution in [2.24, 2.45) is 0 Å². The van der Waals surface area contributed by atoms with Crippen LogP contribution >= 0.6 is 0 Å². The maximum absolute atomic E-state index is 12.3. The largest absolute Gasteiger partial charge is 0.398 e. The Morgan fingerprint density at radius 1 is 1.16 bits per heavy atom. The number of imide groups is 1. The minimum atomic E-state index is -0.273. The van der Waals surface area contributed by atoms with Crippen LogP contribution in [-0.2, 0) is 0 Å². The number of anilines is 1. The number of rotatable bonds is 2. The molecule has 4 heteroatoms. The molecule has 4 nitrogen and oxygen atoms in total. The highest BCUT2D eigenvalue weighted by Gasteiger charge is 2.37. The highest BCUT2D eigenvalue weighted by molar-refractivity contribution is 6.26. The molecule has 2 N–H and O–H groups in total. The zero-order valence-electron chi connectivity index (χ0n) is 10.6. The first-order valence-electron chi connectivity index (χ1n) is 6.32. The lowest BCUT2D eigenvalue weighted by molar-refractivity contribution is 0.0655. The fraction of sp³-hybridized carbons (Fsp3) is 0.200. The first kappa shape index (κ1) is 11.7. The first-order valence-corrected chi connectivity index (χ1v) is 6.32. The molecule has 0 saturated heterocycles. The summed E-state index contributed by atoms with van der Waals surface area (Å²) in [5.41, 5.74) is 7.27. The van der Waals surface area contributed by atoms with E-state index in [9.17, 15) is 9.59 Å². The number of benzene rings is 2. The molecule has 0 aliphatic carbocycles. The average molecular weight is 254 g/mol. The molecule has 1 heterocycles. The first-order chi connectivity index (χ1) is 9.15. The van der Waals surface area contributed by atoms with Crippen molar-refractivity contribution in [3.8, 4) is 0 Å². The summed E-state index contributed by atoms with van der Waals surface area (Å²) in [6.07, 6.45) is 0.741. The van der Waals surface area contributed by atoms with Gasteiger partial charge in [-0.15, -0.1) is 0 Å². The smallest absolute Gasteiger partial charge is 0.263 e. The van der Waals surface area contributed by atoms with Crippen molar-refractivity contribution < 1.29 is 9.59 Å². The van der Waals surface area contributed by atoms with Crippen LogP contribution in [0, 0.1) is 0 Å². The van der Waals surface area contributed by atoms with E-state index in [0.29, 0.717) is 23.4 Å². The Hall–Kier alpha value is -2.36. The van der Waals surface area contributed by atoms with E-state index in [-0.39, 0.29) is 11.8 Å². The molecule has 2 aromatic carbocycles. The third kappa shape index (κ3) is 1.53. The van der Waals surface area contributed by atoms with Gasteiger partial charge in [-0.2, -0.15) is 0 Å². The van der Waals surface area contributed by atoms with E-state index in [2.05, 4.69) is 0 Å². The maximum Gasteiger partial charge on any atom is 0.263 e. The fourth-order valence-corrected chi connectivity index (χ4v) is 2.57. The minimum Gasteiger partial charge on any atom is -0.398 e. The van der Waals surface area contributed by atoms with Gasteiger partial charge in [0.1, 0.15) is 0 Å². The van der Waals surface area contributed by atoms with Crippen LogP contribution < -0.4 is 5.73 Å². The SMILES string of the molecule is CCCN1C(=O)c2cc3ccccc3c(N)c2C1=O. The molecular formula is C15H14N2O2. The number of carbonyl (C=O) groups excluding carboxylic acids is 2. The molecule has 2 amide bonds. The number of hydrogen-bond acceptors (Lipinski definition) is 3. The Bertz CT molecular complexity index is 707. The van der Waals surface area contributed by atoms with Crippen LogP contribution in [-0.4, -0.2) is 23.3 Å². The Morgan fingerprint density at radius 3 is 2.63 bits per heavy atom. The number of nitrogens with two attached hydrogens (primary N) is 1. The lowest BCUT2D eigenvalue weighted by atomic mass is 10.00. The molecule has 0 spiro atoms. The standard InChI is InChI=1S/C15H14N2O2/c1-2-7-17-14(18)11-8-9-5-3-4-6-10(9)13(16)12(11)15(17)19/h3-6,8H,2,7,16H2,1H3. The van der Waals surface area contributed by atoms with Gasteiger partial charge in [-0.25, -0.2) is 0 Å². The van der Waals surface area contributed by atoms with Crippen molar-refractivity contribution in [1.82, 2.24) is 4.90 Å². The lowest BCUT2D eigenvalue weighted by Gasteiger charge is -2.11. The molecule has 0 unspecified atom stereocenters. The van der Waals surface area contributed by atoms with Gasteiger partial charge in [-0.3, -0.25) is 14.5 Å². The second-order valence-electron chi connectivity index (χ2n) is 4.70. The van der Waals surface area contributed by atoms with Crippen molar-refractivity contribution in [1.29, 1.82) is 0 Å². The average Bonchev–Trinajstić information content (AvgIpc) is 2.65. The topological polar surface area (TPSA) is 63.4 Å². The maximum atomic E-state index is 12.3. The second-order valence-corrected chi connectivity index (χ2v) is 4.70. The van der Waals surface area contributed by atoms with E-state index < -0.39 is 0 Å². The molecular weight excluding hydrogens is 240 g/mol. The number of amides is 2. The highest BCUT2D eigenvalue weighted by atomic mass is 16.2. The third-order valence-electron chi connectivity index (χ3n) is 3.47. The Balaban J connectivity index is 2.28. The van der Waals surface area contributed by atoms with Gasteiger partial charge in [0, 0.05) is 11.9 Å². The van der Waals surface area contributed by atoms with Gasteiger partial charge in [-0.05, 0) is 17.9 Å². The highest BCUT2D eigenvalue weighted by Crippen LogP contribution is 2.34. The van der Waals surface area contributed by atoms with Crippen LogP contribution in [0.5, 0.6) is 0 Å². The molecule has 0 aromatic heterocycles. The van der Waals surface area contributed by atoms with Crippen LogP contribution in [0.3, 0.4) is 0 Å². The summed E-state index contributed by atoms with van der Waals surface area (Å²) in [4.78, 5) is 25.8. The predicted molar refractivity (Wildman–Crippen MR) is 74.0 cm³/mol. The van der Waals surface area contributed by atoms with Crippen LogP contribution in [0.4, 0.5) is 5.69 Å². The third-order valence-corrected chi connectivity index (χ3v) is 3.47. The van der Waals surface area contributed by atoms with Gasteiger partial charge in [0.25, 0.3) is 11.8 Å². The van der Waals surface area contributed by atoms with Crippen LogP contribution in [0.2, 0.25) is 0 Å². The van der Waals surface area contributed by atoms with E-state index in [1.165, 1.54) is 4.90 Å². The summed E-state index contributed by atoms with van der Waals surface area (Å²) in [5.74, 6) is -0.510. The van der Waals surface area contributed by atoms with Crippen molar-refractivity contribution in [2.45, 2.75) is 13.3 Å². The molecule has 1 aliphatic heterocycles. The van der Waals surface area contributed by atoms with Gasteiger partial charge in [0.2, 0.25) is 0 Å². The van der Waals surface area contributed by atoms with Crippen molar-refractivity contribution >= 4 is 28.3 Å². The summed E-state index contributed by atoms with van der Waals surface area (Å²) < 4.78 is 0. The summed E-state index contributed by atoms with van der Waals surface area (Å²) >= 11 is 0. The van der Waals surface area contributed by atoms with Crippen LogP contribution in [0.15, 0.2) is 30.3 Å². The van der Waals surface area contributed by atoms with Crippen LogP contribution in [0.25, 0.3) is 10.8 Å². The molecule has 19 heavy (non-hydrogen) atoms. The quantitative estimate of drug-likeness (QED) is 0.661. The summed E-state index contributed by atoms with van der Waals surface area (Å²) in [5, 5.41) is 1.71. The summed E-state index contributed by atoms with van der Waals surface area (Å²) in [6, 6.07) is 9.28. The predicted octanol–water partition coefficient (Wildman–Crippen LogP) is 2.43. The molecule has 2 aromatic rings. The zero-order chi connectivity index (χ0) is 13.6. The van der Waals surface area contributed by atoms with Crippen molar-refractivity contribution in [3.63, 3.8) is 0 Å². The lowest BCUT2D eigenvalue weighted by Crippen LogP contribution is -2.30. The monoisotopic (exact) mass is 254 g/mol. The minimum absolute atomic E-state index is 0.237. The zero-order valence-corrected chi connectivity index (χ0v) is 10.6. The molecule has 96 valence electrons. The molecule has 0 bridgehead atoms. The molecule has 0 atom stereocenters. The number of carbonyl (C=O) groups is 2. The Morgan fingerprint density at radius 2 is 1.89 bits per heavy atom. The van der Waals surface area contributed by atoms with Crippen LogP contribution in [0.1, 0.15) is 34.1 Å². The van der Waals surface area contributed by atoms with E-state index in [1.54, 1.807) is 6.07 Å². The summed E-state index contributed by atoms with van der Waals surface area (Å²) in [7, 11) is 0. The van der Waals surface area contributed by atoms with Crippen molar-refractivity contribution in [3.05, 3.63) is 41.5 Å². The molecule has 0 saturated carbocycles. The number of fused-ring (bicyclic) bond motifs is 2. The van der Waals surface area contributed by atoms with Gasteiger partial charge in [-0.1, -0.05) is 31.2 Å². The van der Waals surface area contributed by atoms with Gasteiger partial charge in [0.05, 0.1) is 16.8 Å². The molecule has 0 radical (unpaired) electrons. The van der Waals surface area contributed by atoms with Crippen molar-refractivity contribution in [2.75, 3.05) is 12.3 Å². The van der Waals surface area contributed by atoms with E-state index in [1.807, 2.05) is 31.2 Å². The molecule has 3 rings (SSSR count). The molecule has 0 fully saturated rings. The number of hydrogen-bond donors (Lipinski definition) is 1. The Kier molecular flexibility index (Phi) is 2.52. The summed E-state index contributed by atoms with van der Waals surface area (Å²) in [6.45, 7) is 2.37.